The van der Waals surface area contributed by atoms with E-state index in [0.29, 0.717) is 12.0 Å². The second-order valence-corrected chi connectivity index (χ2v) is 5.87. The topological polar surface area (TPSA) is 25.4 Å². The molecule has 0 spiro atoms. The predicted molar refractivity (Wildman–Crippen MR) is 75.7 cm³/mol. The van der Waals surface area contributed by atoms with Crippen LogP contribution in [0.25, 0.3) is 10.9 Å². The van der Waals surface area contributed by atoms with Crippen LogP contribution in [0, 0.1) is 5.92 Å². The lowest BCUT2D eigenvalue weighted by molar-refractivity contribution is 0.166. The zero-order chi connectivity index (χ0) is 13.0. The Hall–Kier alpha value is -1.32. The first-order valence-corrected chi connectivity index (χ1v) is 7.03. The molecule has 1 aromatic heterocycles. The Morgan fingerprint density at radius 1 is 1.47 bits per heavy atom. The molecule has 0 saturated carbocycles. The average molecular weight is 275 g/mol. The third-order valence-electron chi connectivity index (χ3n) is 4.36. The molecule has 0 aliphatic carbocycles. The van der Waals surface area contributed by atoms with Gasteiger partial charge in [0.25, 0.3) is 0 Å². The fourth-order valence-corrected chi connectivity index (χ4v) is 3.72. The van der Waals surface area contributed by atoms with Crippen LogP contribution in [0.1, 0.15) is 18.0 Å². The van der Waals surface area contributed by atoms with Crippen LogP contribution in [-0.4, -0.2) is 30.1 Å². The Balaban J connectivity index is 2.00. The summed E-state index contributed by atoms with van der Waals surface area (Å²) in [4.78, 5) is 6.87. The van der Waals surface area contributed by atoms with E-state index in [1.807, 2.05) is 12.1 Å². The minimum absolute atomic E-state index is 0.424. The molecule has 1 fully saturated rings. The highest BCUT2D eigenvalue weighted by molar-refractivity contribution is 6.35. The van der Waals surface area contributed by atoms with Gasteiger partial charge < -0.3 is 4.74 Å². The highest BCUT2D eigenvalue weighted by Crippen LogP contribution is 2.47. The molecule has 2 aliphatic rings. The van der Waals surface area contributed by atoms with Crippen LogP contribution in [0.5, 0.6) is 5.75 Å². The summed E-state index contributed by atoms with van der Waals surface area (Å²) in [6.07, 6.45) is 2.99. The van der Waals surface area contributed by atoms with Crippen molar-refractivity contribution in [2.24, 2.45) is 5.92 Å². The Kier molecular flexibility index (Phi) is 2.47. The van der Waals surface area contributed by atoms with Crippen LogP contribution >= 0.6 is 11.6 Å². The molecule has 2 atom stereocenters. The van der Waals surface area contributed by atoms with Crippen LogP contribution in [0.15, 0.2) is 24.4 Å². The molecule has 0 unspecified atom stereocenters. The summed E-state index contributed by atoms with van der Waals surface area (Å²) in [5, 5.41) is 1.74. The zero-order valence-electron chi connectivity index (χ0n) is 10.8. The van der Waals surface area contributed by atoms with E-state index >= 15 is 0 Å². The van der Waals surface area contributed by atoms with Gasteiger partial charge in [0.15, 0.2) is 0 Å². The number of fused-ring (bicyclic) bond motifs is 5. The molecule has 3 heterocycles. The van der Waals surface area contributed by atoms with E-state index in [4.69, 9.17) is 16.3 Å². The maximum absolute atomic E-state index is 6.42. The molecule has 1 aromatic carbocycles. The minimum Gasteiger partial charge on any atom is -0.491 e. The van der Waals surface area contributed by atoms with Crippen molar-refractivity contribution in [3.8, 4) is 5.75 Å². The van der Waals surface area contributed by atoms with Crippen molar-refractivity contribution in [1.29, 1.82) is 0 Å². The molecule has 4 heteroatoms. The SMILES string of the molecule is CN1CC[C@H]2COc3c(cc(Cl)c4cccnc34)[C@H]21. The van der Waals surface area contributed by atoms with Gasteiger partial charge in [0.2, 0.25) is 0 Å². The Labute approximate surface area is 117 Å². The van der Waals surface area contributed by atoms with Crippen molar-refractivity contribution in [2.45, 2.75) is 12.5 Å². The lowest BCUT2D eigenvalue weighted by Gasteiger charge is -2.32. The molecule has 19 heavy (non-hydrogen) atoms. The molecular formula is C15H15ClN2O. The lowest BCUT2D eigenvalue weighted by atomic mass is 9.90. The Morgan fingerprint density at radius 2 is 2.37 bits per heavy atom. The monoisotopic (exact) mass is 274 g/mol. The number of rotatable bonds is 0. The van der Waals surface area contributed by atoms with Crippen LogP contribution in [0.3, 0.4) is 0 Å². The van der Waals surface area contributed by atoms with E-state index in [0.717, 1.165) is 34.8 Å². The van der Waals surface area contributed by atoms with E-state index in [1.54, 1.807) is 6.20 Å². The van der Waals surface area contributed by atoms with Gasteiger partial charge in [0, 0.05) is 29.1 Å². The molecule has 1 saturated heterocycles. The summed E-state index contributed by atoms with van der Waals surface area (Å²) >= 11 is 6.42. The highest BCUT2D eigenvalue weighted by Gasteiger charge is 2.39. The van der Waals surface area contributed by atoms with Crippen molar-refractivity contribution >= 4 is 22.5 Å². The van der Waals surface area contributed by atoms with E-state index < -0.39 is 0 Å². The first kappa shape index (κ1) is 11.5. The van der Waals surface area contributed by atoms with Crippen molar-refractivity contribution in [2.75, 3.05) is 20.2 Å². The van der Waals surface area contributed by atoms with E-state index in [1.165, 1.54) is 12.0 Å². The smallest absolute Gasteiger partial charge is 0.150 e. The molecule has 2 aromatic rings. The van der Waals surface area contributed by atoms with Gasteiger partial charge in [-0.1, -0.05) is 11.6 Å². The third-order valence-corrected chi connectivity index (χ3v) is 4.67. The quantitative estimate of drug-likeness (QED) is 0.737. The van der Waals surface area contributed by atoms with Gasteiger partial charge >= 0.3 is 0 Å². The van der Waals surface area contributed by atoms with E-state index in [-0.39, 0.29) is 0 Å². The summed E-state index contributed by atoms with van der Waals surface area (Å²) in [5.41, 5.74) is 2.09. The normalized spacial score (nSPS) is 26.0. The maximum atomic E-state index is 6.42. The number of nitrogens with zero attached hydrogens (tertiary/aromatic N) is 2. The Morgan fingerprint density at radius 3 is 3.26 bits per heavy atom. The van der Waals surface area contributed by atoms with Gasteiger partial charge in [-0.3, -0.25) is 9.88 Å². The number of ether oxygens (including phenoxy) is 1. The molecule has 0 bridgehead atoms. The number of hydrogen-bond acceptors (Lipinski definition) is 3. The molecule has 0 N–H and O–H groups in total. The molecule has 0 amide bonds. The summed E-state index contributed by atoms with van der Waals surface area (Å²) in [6, 6.07) is 6.40. The van der Waals surface area contributed by atoms with Crippen LogP contribution < -0.4 is 4.74 Å². The summed E-state index contributed by atoms with van der Waals surface area (Å²) in [5.74, 6) is 1.50. The summed E-state index contributed by atoms with van der Waals surface area (Å²) in [6.45, 7) is 1.91. The number of halogens is 1. The second-order valence-electron chi connectivity index (χ2n) is 5.46. The lowest BCUT2D eigenvalue weighted by Crippen LogP contribution is -2.29. The van der Waals surface area contributed by atoms with Crippen LogP contribution in [0.4, 0.5) is 0 Å². The van der Waals surface area contributed by atoms with Crippen molar-refractivity contribution in [3.63, 3.8) is 0 Å². The maximum Gasteiger partial charge on any atom is 0.150 e. The first-order chi connectivity index (χ1) is 9.25. The number of likely N-dealkylation sites (tertiary alicyclic amines) is 1. The van der Waals surface area contributed by atoms with E-state index in [9.17, 15) is 0 Å². The highest BCUT2D eigenvalue weighted by atomic mass is 35.5. The number of pyridine rings is 1. The van der Waals surface area contributed by atoms with Gasteiger partial charge in [-0.05, 0) is 38.2 Å². The molecule has 3 nitrogen and oxygen atoms in total. The second kappa shape index (κ2) is 4.09. The average Bonchev–Trinajstić information content (AvgIpc) is 2.81. The Bertz CT molecular complexity index is 658. The molecule has 2 aliphatic heterocycles. The van der Waals surface area contributed by atoms with Crippen molar-refractivity contribution < 1.29 is 4.74 Å². The summed E-state index contributed by atoms with van der Waals surface area (Å²) in [7, 11) is 2.18. The zero-order valence-corrected chi connectivity index (χ0v) is 11.5. The fourth-order valence-electron chi connectivity index (χ4n) is 3.45. The minimum atomic E-state index is 0.424. The van der Waals surface area contributed by atoms with Crippen LogP contribution in [0.2, 0.25) is 5.02 Å². The van der Waals surface area contributed by atoms with Gasteiger partial charge in [0.05, 0.1) is 11.6 Å². The fraction of sp³-hybridized carbons (Fsp3) is 0.400. The summed E-state index contributed by atoms with van der Waals surface area (Å²) < 4.78 is 6.01. The van der Waals surface area contributed by atoms with E-state index in [2.05, 4.69) is 23.0 Å². The number of aromatic nitrogens is 1. The number of hydrogen-bond donors (Lipinski definition) is 0. The third kappa shape index (κ3) is 1.58. The molecular weight excluding hydrogens is 260 g/mol. The standard InChI is InChI=1S/C15H15ClN2O/c1-18-6-4-9-8-19-15-11(14(9)18)7-12(16)10-3-2-5-17-13(10)15/h2-3,5,7,9,14H,4,6,8H2,1H3/t9-,14-/m0/s1. The van der Waals surface area contributed by atoms with Crippen molar-refractivity contribution in [1.82, 2.24) is 9.88 Å². The molecule has 0 radical (unpaired) electrons. The van der Waals surface area contributed by atoms with Gasteiger partial charge in [-0.15, -0.1) is 0 Å². The van der Waals surface area contributed by atoms with Crippen LogP contribution in [-0.2, 0) is 0 Å². The molecule has 4 rings (SSSR count). The van der Waals surface area contributed by atoms with Crippen molar-refractivity contribution in [3.05, 3.63) is 35.0 Å². The largest absolute Gasteiger partial charge is 0.491 e. The van der Waals surface area contributed by atoms with Gasteiger partial charge in [-0.2, -0.15) is 0 Å². The predicted octanol–water partition coefficient (Wildman–Crippen LogP) is 3.27. The molecule has 98 valence electrons. The van der Waals surface area contributed by atoms with Gasteiger partial charge in [0.1, 0.15) is 11.3 Å². The number of benzene rings is 1. The van der Waals surface area contributed by atoms with Gasteiger partial charge in [-0.25, -0.2) is 0 Å². The first-order valence-electron chi connectivity index (χ1n) is 6.66.